The lowest BCUT2D eigenvalue weighted by Gasteiger charge is -2.40. The van der Waals surface area contributed by atoms with Crippen molar-refractivity contribution in [1.29, 1.82) is 0 Å². The van der Waals surface area contributed by atoms with Crippen LogP contribution in [0.1, 0.15) is 31.7 Å². The number of hydrogen-bond donors (Lipinski definition) is 1. The maximum atomic E-state index is 14.3. The summed E-state index contributed by atoms with van der Waals surface area (Å²) in [5.74, 6) is -4.45. The van der Waals surface area contributed by atoms with Gasteiger partial charge in [0.2, 0.25) is 5.91 Å². The summed E-state index contributed by atoms with van der Waals surface area (Å²) in [6.45, 7) is 3.99. The van der Waals surface area contributed by atoms with Crippen LogP contribution in [0.2, 0.25) is 0 Å². The fourth-order valence-corrected chi connectivity index (χ4v) is 2.81. The molecule has 5 nitrogen and oxygen atoms in total. The van der Waals surface area contributed by atoms with Crippen molar-refractivity contribution in [3.05, 3.63) is 34.2 Å². The van der Waals surface area contributed by atoms with Gasteiger partial charge in [0.1, 0.15) is 0 Å². The molecule has 0 saturated carbocycles. The summed E-state index contributed by atoms with van der Waals surface area (Å²) in [4.78, 5) is 24.6. The highest BCUT2D eigenvalue weighted by atomic mass is 19.3. The Morgan fingerprint density at radius 3 is 2.77 bits per heavy atom. The van der Waals surface area contributed by atoms with Crippen molar-refractivity contribution in [2.75, 3.05) is 13.1 Å². The number of nitrogens with two attached hydrogens (primary N) is 1. The number of likely N-dealkylation sites (tertiary alicyclic amines) is 1. The average molecular weight is 313 g/mol. The molecule has 0 bridgehead atoms. The first-order valence-electron chi connectivity index (χ1n) is 7.38. The fraction of sp³-hybridized carbons (Fsp3) is 0.600. The number of halogens is 2. The SMILES string of the molecule is CCn1cc(C2CN([C@@H](C)C(N)=O)CCC2(F)F)ccc1=O. The Morgan fingerprint density at radius 1 is 1.50 bits per heavy atom. The monoisotopic (exact) mass is 313 g/mol. The molecule has 1 aromatic heterocycles. The molecule has 0 aromatic carbocycles. The summed E-state index contributed by atoms with van der Waals surface area (Å²) in [7, 11) is 0. The van der Waals surface area contributed by atoms with E-state index in [-0.39, 0.29) is 25.1 Å². The van der Waals surface area contributed by atoms with Gasteiger partial charge in [-0.1, -0.05) is 6.07 Å². The van der Waals surface area contributed by atoms with Crippen LogP contribution < -0.4 is 11.3 Å². The number of carbonyl (C=O) groups is 1. The highest BCUT2D eigenvalue weighted by Gasteiger charge is 2.46. The van der Waals surface area contributed by atoms with Crippen molar-refractivity contribution in [3.63, 3.8) is 0 Å². The minimum atomic E-state index is -2.87. The van der Waals surface area contributed by atoms with Crippen molar-refractivity contribution in [1.82, 2.24) is 9.47 Å². The highest BCUT2D eigenvalue weighted by Crippen LogP contribution is 2.40. The number of carbonyl (C=O) groups excluding carboxylic acids is 1. The summed E-state index contributed by atoms with van der Waals surface area (Å²) in [5.41, 5.74) is 5.47. The topological polar surface area (TPSA) is 68.3 Å². The van der Waals surface area contributed by atoms with Crippen LogP contribution in [0.5, 0.6) is 0 Å². The van der Waals surface area contributed by atoms with Gasteiger partial charge in [0.05, 0.1) is 12.0 Å². The van der Waals surface area contributed by atoms with Crippen molar-refractivity contribution in [2.45, 2.75) is 44.7 Å². The van der Waals surface area contributed by atoms with Crippen molar-refractivity contribution >= 4 is 5.91 Å². The van der Waals surface area contributed by atoms with Crippen LogP contribution in [-0.4, -0.2) is 40.4 Å². The Morgan fingerprint density at radius 2 is 2.18 bits per heavy atom. The largest absolute Gasteiger partial charge is 0.368 e. The second-order valence-electron chi connectivity index (χ2n) is 5.72. The molecule has 0 radical (unpaired) electrons. The quantitative estimate of drug-likeness (QED) is 0.907. The lowest BCUT2D eigenvalue weighted by molar-refractivity contribution is -0.127. The minimum Gasteiger partial charge on any atom is -0.368 e. The lowest BCUT2D eigenvalue weighted by Crippen LogP contribution is -2.52. The minimum absolute atomic E-state index is 0.0407. The third kappa shape index (κ3) is 3.19. The van der Waals surface area contributed by atoms with Gasteiger partial charge in [-0.2, -0.15) is 0 Å². The fourth-order valence-electron chi connectivity index (χ4n) is 2.81. The summed E-state index contributed by atoms with van der Waals surface area (Å²) < 4.78 is 30.0. The molecule has 1 fully saturated rings. The Bertz CT molecular complexity index is 615. The Kier molecular flexibility index (Phi) is 4.65. The van der Waals surface area contributed by atoms with E-state index in [9.17, 15) is 18.4 Å². The Hall–Kier alpha value is -1.76. The molecule has 1 unspecified atom stereocenters. The molecule has 0 spiro atoms. The maximum absolute atomic E-state index is 14.3. The zero-order valence-corrected chi connectivity index (χ0v) is 12.8. The number of amides is 1. The van der Waals surface area contributed by atoms with E-state index in [0.717, 1.165) is 0 Å². The van der Waals surface area contributed by atoms with Gasteiger partial charge in [0.15, 0.2) is 0 Å². The van der Waals surface area contributed by atoms with Gasteiger partial charge in [0.25, 0.3) is 11.5 Å². The number of hydrogen-bond acceptors (Lipinski definition) is 3. The van der Waals surface area contributed by atoms with Crippen molar-refractivity contribution < 1.29 is 13.6 Å². The molecule has 0 aliphatic carbocycles. The maximum Gasteiger partial charge on any atom is 0.257 e. The summed E-state index contributed by atoms with van der Waals surface area (Å²) in [6, 6.07) is 2.17. The molecule has 122 valence electrons. The molecule has 22 heavy (non-hydrogen) atoms. The first-order valence-corrected chi connectivity index (χ1v) is 7.38. The van der Waals surface area contributed by atoms with Gasteiger partial charge in [0, 0.05) is 38.3 Å². The van der Waals surface area contributed by atoms with E-state index in [4.69, 9.17) is 5.73 Å². The second-order valence-corrected chi connectivity index (χ2v) is 5.72. The summed E-state index contributed by atoms with van der Waals surface area (Å²) in [6.07, 6.45) is 1.15. The van der Waals surface area contributed by atoms with Crippen LogP contribution in [-0.2, 0) is 11.3 Å². The number of piperidine rings is 1. The third-order valence-corrected chi connectivity index (χ3v) is 4.37. The van der Waals surface area contributed by atoms with E-state index in [2.05, 4.69) is 0 Å². The Balaban J connectivity index is 2.33. The predicted octanol–water partition coefficient (Wildman–Crippen LogP) is 1.17. The van der Waals surface area contributed by atoms with Crippen LogP contribution in [0.25, 0.3) is 0 Å². The molecule has 2 atom stereocenters. The molecule has 1 aliphatic heterocycles. The third-order valence-electron chi connectivity index (χ3n) is 4.37. The number of aryl methyl sites for hydroxylation is 1. The van der Waals surface area contributed by atoms with Crippen molar-refractivity contribution in [2.24, 2.45) is 5.73 Å². The summed E-state index contributed by atoms with van der Waals surface area (Å²) >= 11 is 0. The molecule has 1 aliphatic rings. The molecule has 2 N–H and O–H groups in total. The van der Waals surface area contributed by atoms with Gasteiger partial charge >= 0.3 is 0 Å². The van der Waals surface area contributed by atoms with Gasteiger partial charge in [-0.25, -0.2) is 8.78 Å². The number of rotatable bonds is 4. The van der Waals surface area contributed by atoms with E-state index in [1.165, 1.54) is 22.9 Å². The molecule has 1 amide bonds. The summed E-state index contributed by atoms with van der Waals surface area (Å²) in [5, 5.41) is 0. The van der Waals surface area contributed by atoms with Gasteiger partial charge in [-0.15, -0.1) is 0 Å². The van der Waals surface area contributed by atoms with E-state index in [0.29, 0.717) is 12.1 Å². The van der Waals surface area contributed by atoms with E-state index in [1.807, 2.05) is 0 Å². The zero-order chi connectivity index (χ0) is 16.5. The molecule has 1 saturated heterocycles. The van der Waals surface area contributed by atoms with Gasteiger partial charge < -0.3 is 10.3 Å². The van der Waals surface area contributed by atoms with E-state index < -0.39 is 23.8 Å². The predicted molar refractivity (Wildman–Crippen MR) is 78.9 cm³/mol. The van der Waals surface area contributed by atoms with Crippen LogP contribution in [0.4, 0.5) is 8.78 Å². The molecule has 2 rings (SSSR count). The normalized spacial score (nSPS) is 23.2. The standard InChI is InChI=1S/C15H21F2N3O2/c1-3-19-8-11(4-5-13(19)21)12-9-20(10(2)14(18)22)7-6-15(12,16)17/h4-5,8,10,12H,3,6-7,9H2,1-2H3,(H2,18,22)/t10-,12?/m0/s1. The van der Waals surface area contributed by atoms with E-state index in [1.54, 1.807) is 18.7 Å². The molecule has 1 aromatic rings. The number of alkyl halides is 2. The lowest BCUT2D eigenvalue weighted by atomic mass is 9.87. The van der Waals surface area contributed by atoms with Crippen molar-refractivity contribution in [3.8, 4) is 0 Å². The van der Waals surface area contributed by atoms with Crippen LogP contribution in [0.15, 0.2) is 23.1 Å². The average Bonchev–Trinajstić information content (AvgIpc) is 2.47. The van der Waals surface area contributed by atoms with Crippen LogP contribution >= 0.6 is 0 Å². The number of pyridine rings is 1. The van der Waals surface area contributed by atoms with Crippen LogP contribution in [0, 0.1) is 0 Å². The van der Waals surface area contributed by atoms with Crippen LogP contribution in [0.3, 0.4) is 0 Å². The van der Waals surface area contributed by atoms with Gasteiger partial charge in [-0.3, -0.25) is 14.5 Å². The second kappa shape index (κ2) is 6.16. The first-order chi connectivity index (χ1) is 10.3. The highest BCUT2D eigenvalue weighted by molar-refractivity contribution is 5.79. The molecular weight excluding hydrogens is 292 g/mol. The Labute approximate surface area is 127 Å². The molecular formula is C15H21F2N3O2. The zero-order valence-electron chi connectivity index (χ0n) is 12.8. The smallest absolute Gasteiger partial charge is 0.257 e. The molecule has 2 heterocycles. The first kappa shape index (κ1) is 16.6. The number of nitrogens with zero attached hydrogens (tertiary/aromatic N) is 2. The van der Waals surface area contributed by atoms with E-state index >= 15 is 0 Å². The number of primary amides is 1. The molecule has 7 heteroatoms. The number of aromatic nitrogens is 1. The van der Waals surface area contributed by atoms with Gasteiger partial charge in [-0.05, 0) is 19.4 Å².